The lowest BCUT2D eigenvalue weighted by atomic mass is 9.95. The number of hydrogen-bond acceptors (Lipinski definition) is 4. The van der Waals surface area contributed by atoms with E-state index in [1.165, 1.54) is 6.42 Å². The zero-order valence-corrected chi connectivity index (χ0v) is 23.7. The molecule has 2 aromatic carbocycles. The molecule has 1 aliphatic rings. The van der Waals surface area contributed by atoms with Gasteiger partial charge in [0.1, 0.15) is 0 Å². The van der Waals surface area contributed by atoms with Crippen molar-refractivity contribution < 1.29 is 9.53 Å². The van der Waals surface area contributed by atoms with E-state index in [0.717, 1.165) is 53.5 Å². The quantitative estimate of drug-likeness (QED) is 0.279. The molecule has 0 unspecified atom stereocenters. The number of aromatic nitrogens is 2. The number of nitrogens with one attached hydrogen (secondary N) is 1. The fraction of sp³-hybridized carbons (Fsp3) is 0.407. The van der Waals surface area contributed by atoms with Crippen molar-refractivity contribution in [3.63, 3.8) is 0 Å². The summed E-state index contributed by atoms with van der Waals surface area (Å²) in [5.41, 5.74) is 3.40. The molecule has 1 aliphatic carbocycles. The van der Waals surface area contributed by atoms with Crippen molar-refractivity contribution >= 4 is 45.0 Å². The van der Waals surface area contributed by atoms with E-state index in [4.69, 9.17) is 33.0 Å². The first-order chi connectivity index (χ1) is 17.3. The summed E-state index contributed by atoms with van der Waals surface area (Å²) >= 11 is 16.3. The summed E-state index contributed by atoms with van der Waals surface area (Å²) in [4.78, 5) is 15.6. The number of likely N-dealkylation sites (N-methyl/N-ethyl adjacent to an activating group) is 1. The minimum absolute atomic E-state index is 0.161. The number of carbonyl (C=O) groups excluding carboxylic acids is 1. The summed E-state index contributed by atoms with van der Waals surface area (Å²) < 4.78 is 8.76. The second-order valence-electron chi connectivity index (χ2n) is 9.35. The number of rotatable bonds is 9. The minimum Gasteiger partial charge on any atom is -0.375 e. The monoisotopic (exact) mass is 592 g/mol. The van der Waals surface area contributed by atoms with Gasteiger partial charge in [0.2, 0.25) is 0 Å². The Morgan fingerprint density at radius 2 is 1.86 bits per heavy atom. The molecular weight excluding hydrogens is 563 g/mol. The van der Waals surface area contributed by atoms with Crippen LogP contribution in [0.15, 0.2) is 46.9 Å². The van der Waals surface area contributed by atoms with Crippen molar-refractivity contribution in [2.45, 2.75) is 44.8 Å². The molecule has 3 aromatic rings. The van der Waals surface area contributed by atoms with Gasteiger partial charge in [0.05, 0.1) is 29.6 Å². The van der Waals surface area contributed by atoms with Gasteiger partial charge in [0.15, 0.2) is 5.69 Å². The van der Waals surface area contributed by atoms with Gasteiger partial charge in [-0.1, -0.05) is 70.5 Å². The van der Waals surface area contributed by atoms with E-state index in [2.05, 4.69) is 26.1 Å². The third-order valence-corrected chi connectivity index (χ3v) is 7.39. The molecule has 0 bridgehead atoms. The first-order valence-corrected chi connectivity index (χ1v) is 13.7. The predicted molar refractivity (Wildman–Crippen MR) is 149 cm³/mol. The van der Waals surface area contributed by atoms with Gasteiger partial charge in [-0.25, -0.2) is 4.68 Å². The van der Waals surface area contributed by atoms with Crippen LogP contribution in [-0.2, 0) is 11.3 Å². The number of amides is 1. The van der Waals surface area contributed by atoms with Crippen LogP contribution in [-0.4, -0.2) is 53.9 Å². The third-order valence-electron chi connectivity index (χ3n) is 6.32. The number of ether oxygens (including phenoxy) is 1. The van der Waals surface area contributed by atoms with E-state index < -0.39 is 0 Å². The molecule has 0 atom stereocenters. The molecule has 1 fully saturated rings. The zero-order chi connectivity index (χ0) is 25.7. The van der Waals surface area contributed by atoms with Crippen molar-refractivity contribution in [1.82, 2.24) is 20.0 Å². The van der Waals surface area contributed by atoms with E-state index in [-0.39, 0.29) is 18.6 Å². The predicted octanol–water partition coefficient (Wildman–Crippen LogP) is 6.75. The van der Waals surface area contributed by atoms with Gasteiger partial charge in [0, 0.05) is 33.2 Å². The van der Waals surface area contributed by atoms with Crippen molar-refractivity contribution in [1.29, 1.82) is 0 Å². The molecule has 4 rings (SSSR count). The van der Waals surface area contributed by atoms with Gasteiger partial charge in [0.25, 0.3) is 5.91 Å². The molecule has 0 aliphatic heterocycles. The Hall–Kier alpha value is -1.90. The van der Waals surface area contributed by atoms with Gasteiger partial charge < -0.3 is 15.0 Å². The summed E-state index contributed by atoms with van der Waals surface area (Å²) in [5, 5.41) is 9.02. The normalized spacial score (nSPS) is 14.4. The third kappa shape index (κ3) is 6.69. The maximum Gasteiger partial charge on any atom is 0.272 e. The van der Waals surface area contributed by atoms with Gasteiger partial charge in [-0.15, -0.1) is 0 Å². The van der Waals surface area contributed by atoms with Gasteiger partial charge >= 0.3 is 0 Å². The van der Waals surface area contributed by atoms with Gasteiger partial charge in [-0.2, -0.15) is 5.10 Å². The molecule has 1 saturated carbocycles. The summed E-state index contributed by atoms with van der Waals surface area (Å²) in [6.07, 6.45) is 5.46. The van der Waals surface area contributed by atoms with Crippen molar-refractivity contribution in [2.75, 3.05) is 27.2 Å². The lowest BCUT2D eigenvalue weighted by Crippen LogP contribution is -2.36. The van der Waals surface area contributed by atoms with Crippen LogP contribution in [0.4, 0.5) is 0 Å². The van der Waals surface area contributed by atoms with Crippen LogP contribution < -0.4 is 5.32 Å². The van der Waals surface area contributed by atoms with Crippen LogP contribution in [0.3, 0.4) is 0 Å². The molecule has 0 radical (unpaired) electrons. The lowest BCUT2D eigenvalue weighted by Gasteiger charge is -2.22. The summed E-state index contributed by atoms with van der Waals surface area (Å²) in [6.45, 7) is 1.55. The molecular formula is C27H31BrCl2N4O2. The SMILES string of the molecule is CN(C)CCOCc1c(C(=O)NC2CCCCC2)nn(-c2ccc(Cl)cc2Cl)c1-c1ccc(Br)cc1. The highest BCUT2D eigenvalue weighted by atomic mass is 79.9. The summed E-state index contributed by atoms with van der Waals surface area (Å²) in [6, 6.07) is 13.4. The smallest absolute Gasteiger partial charge is 0.272 e. The maximum absolute atomic E-state index is 13.6. The Kier molecular flexibility index (Phi) is 9.47. The highest BCUT2D eigenvalue weighted by Gasteiger charge is 2.27. The number of benzene rings is 2. The van der Waals surface area contributed by atoms with Crippen molar-refractivity contribution in [3.8, 4) is 16.9 Å². The second-order valence-corrected chi connectivity index (χ2v) is 11.1. The molecule has 9 heteroatoms. The Balaban J connectivity index is 1.81. The van der Waals surface area contributed by atoms with E-state index in [1.54, 1.807) is 16.8 Å². The second kappa shape index (κ2) is 12.6. The summed E-state index contributed by atoms with van der Waals surface area (Å²) in [5.74, 6) is -0.185. The topological polar surface area (TPSA) is 59.4 Å². The van der Waals surface area contributed by atoms with E-state index >= 15 is 0 Å². The van der Waals surface area contributed by atoms with E-state index in [0.29, 0.717) is 28.0 Å². The van der Waals surface area contributed by atoms with Crippen molar-refractivity contribution in [2.24, 2.45) is 0 Å². The minimum atomic E-state index is -0.185. The van der Waals surface area contributed by atoms with Crippen LogP contribution in [0.5, 0.6) is 0 Å². The van der Waals surface area contributed by atoms with Crippen LogP contribution in [0.25, 0.3) is 16.9 Å². The highest BCUT2D eigenvalue weighted by molar-refractivity contribution is 9.10. The number of nitrogens with zero attached hydrogens (tertiary/aromatic N) is 3. The maximum atomic E-state index is 13.6. The van der Waals surface area contributed by atoms with E-state index in [9.17, 15) is 4.79 Å². The highest BCUT2D eigenvalue weighted by Crippen LogP contribution is 2.34. The Bertz CT molecular complexity index is 1190. The molecule has 192 valence electrons. The molecule has 36 heavy (non-hydrogen) atoms. The van der Waals surface area contributed by atoms with Crippen LogP contribution in [0.1, 0.15) is 48.2 Å². The average Bonchev–Trinajstić information content (AvgIpc) is 3.22. The lowest BCUT2D eigenvalue weighted by molar-refractivity contribution is 0.0900. The number of hydrogen-bond donors (Lipinski definition) is 1. The van der Waals surface area contributed by atoms with Gasteiger partial charge in [-0.05, 0) is 57.3 Å². The van der Waals surface area contributed by atoms with Gasteiger partial charge in [-0.3, -0.25) is 4.79 Å². The number of carbonyl (C=O) groups is 1. The fourth-order valence-corrected chi connectivity index (χ4v) is 5.18. The van der Waals surface area contributed by atoms with Crippen LogP contribution >= 0.6 is 39.1 Å². The fourth-order valence-electron chi connectivity index (χ4n) is 4.42. The largest absolute Gasteiger partial charge is 0.375 e. The molecule has 1 N–H and O–H groups in total. The first kappa shape index (κ1) is 27.1. The Labute approximate surface area is 231 Å². The Morgan fingerprint density at radius 3 is 2.53 bits per heavy atom. The molecule has 1 aromatic heterocycles. The standard InChI is InChI=1S/C27H31BrCl2N4O2/c1-33(2)14-15-36-17-22-25(27(35)31-21-6-4-3-5-7-21)32-34(24-13-12-20(29)16-23(24)30)26(22)18-8-10-19(28)11-9-18/h8-13,16,21H,3-7,14-15,17H2,1-2H3,(H,31,35). The molecule has 0 spiro atoms. The molecule has 1 amide bonds. The summed E-state index contributed by atoms with van der Waals surface area (Å²) in [7, 11) is 4.00. The molecule has 0 saturated heterocycles. The average molecular weight is 594 g/mol. The first-order valence-electron chi connectivity index (χ1n) is 12.2. The number of halogens is 3. The van der Waals surface area contributed by atoms with E-state index in [1.807, 2.05) is 44.4 Å². The van der Waals surface area contributed by atoms with Crippen LogP contribution in [0, 0.1) is 0 Å². The Morgan fingerprint density at radius 1 is 1.14 bits per heavy atom. The zero-order valence-electron chi connectivity index (χ0n) is 20.6. The molecule has 6 nitrogen and oxygen atoms in total. The molecule has 1 heterocycles. The van der Waals surface area contributed by atoms with Crippen LogP contribution in [0.2, 0.25) is 10.0 Å². The van der Waals surface area contributed by atoms with Crippen molar-refractivity contribution in [3.05, 3.63) is 68.2 Å².